The van der Waals surface area contributed by atoms with Gasteiger partial charge in [0.05, 0.1) is 11.9 Å². The third-order valence-electron chi connectivity index (χ3n) is 4.79. The molecule has 134 valence electrons. The number of nitrogens with one attached hydrogen (secondary N) is 1. The molecule has 25 heavy (non-hydrogen) atoms. The fourth-order valence-corrected chi connectivity index (χ4v) is 3.78. The van der Waals surface area contributed by atoms with Crippen LogP contribution in [0.5, 0.6) is 5.75 Å². The van der Waals surface area contributed by atoms with E-state index in [0.29, 0.717) is 0 Å². The molecular formula is C20H25NO3S. The van der Waals surface area contributed by atoms with E-state index in [9.17, 15) is 8.42 Å². The number of ether oxygens (including phenoxy) is 1. The van der Waals surface area contributed by atoms with E-state index >= 15 is 0 Å². The van der Waals surface area contributed by atoms with Crippen LogP contribution in [0.1, 0.15) is 26.3 Å². The maximum absolute atomic E-state index is 11.8. The van der Waals surface area contributed by atoms with Gasteiger partial charge >= 0.3 is 0 Å². The standard InChI is InChI=1S/C20H25NO3S/c1-4-25(22,23)14-21-19-13-17-12-16(15-8-6-5-7-9-15)10-11-18(17)24-20(19,2)3/h5-12,19,21H,4,13-14H2,1-3H3. The van der Waals surface area contributed by atoms with Crippen LogP contribution in [0.3, 0.4) is 0 Å². The Balaban J connectivity index is 1.85. The van der Waals surface area contributed by atoms with Crippen LogP contribution >= 0.6 is 0 Å². The van der Waals surface area contributed by atoms with E-state index in [2.05, 4.69) is 29.6 Å². The van der Waals surface area contributed by atoms with Gasteiger partial charge in [0.15, 0.2) is 9.84 Å². The van der Waals surface area contributed by atoms with Crippen LogP contribution in [-0.2, 0) is 16.3 Å². The van der Waals surface area contributed by atoms with E-state index in [4.69, 9.17) is 4.74 Å². The monoisotopic (exact) mass is 359 g/mol. The highest BCUT2D eigenvalue weighted by molar-refractivity contribution is 7.91. The van der Waals surface area contributed by atoms with E-state index in [1.54, 1.807) is 6.92 Å². The molecule has 1 aliphatic heterocycles. The van der Waals surface area contributed by atoms with Crippen LogP contribution in [0.25, 0.3) is 11.1 Å². The molecule has 0 radical (unpaired) electrons. The van der Waals surface area contributed by atoms with E-state index in [-0.39, 0.29) is 17.7 Å². The van der Waals surface area contributed by atoms with Gasteiger partial charge in [-0.3, -0.25) is 5.32 Å². The molecule has 0 aliphatic carbocycles. The Morgan fingerprint density at radius 1 is 1.12 bits per heavy atom. The highest BCUT2D eigenvalue weighted by Crippen LogP contribution is 2.36. The Labute approximate surface area is 150 Å². The van der Waals surface area contributed by atoms with Crippen molar-refractivity contribution in [2.45, 2.75) is 38.8 Å². The third-order valence-corrected chi connectivity index (χ3v) is 6.28. The fourth-order valence-electron chi connectivity index (χ4n) is 3.12. The second-order valence-corrected chi connectivity index (χ2v) is 9.38. The summed E-state index contributed by atoms with van der Waals surface area (Å²) in [6.45, 7) is 5.66. The summed E-state index contributed by atoms with van der Waals surface area (Å²) in [4.78, 5) is 0. The van der Waals surface area contributed by atoms with Crippen LogP contribution < -0.4 is 10.1 Å². The Hall–Kier alpha value is -1.85. The van der Waals surface area contributed by atoms with Gasteiger partial charge in [-0.15, -0.1) is 0 Å². The molecule has 0 aromatic heterocycles. The highest BCUT2D eigenvalue weighted by atomic mass is 32.2. The lowest BCUT2D eigenvalue weighted by Gasteiger charge is -2.40. The van der Waals surface area contributed by atoms with Gasteiger partial charge in [-0.25, -0.2) is 8.42 Å². The molecule has 5 heteroatoms. The summed E-state index contributed by atoms with van der Waals surface area (Å²) in [5, 5.41) is 3.19. The average molecular weight is 359 g/mol. The van der Waals surface area contributed by atoms with Crippen LogP contribution in [0.4, 0.5) is 0 Å². The summed E-state index contributed by atoms with van der Waals surface area (Å²) >= 11 is 0. The first kappa shape index (κ1) is 18.0. The van der Waals surface area contributed by atoms with Gasteiger partial charge in [-0.2, -0.15) is 0 Å². The number of sulfone groups is 1. The first-order valence-corrected chi connectivity index (χ1v) is 10.4. The Morgan fingerprint density at radius 3 is 2.52 bits per heavy atom. The lowest BCUT2D eigenvalue weighted by molar-refractivity contribution is 0.0507. The number of hydrogen-bond acceptors (Lipinski definition) is 4. The second kappa shape index (κ2) is 6.81. The normalized spacial score (nSPS) is 19.1. The third kappa shape index (κ3) is 4.05. The molecule has 1 atom stereocenters. The summed E-state index contributed by atoms with van der Waals surface area (Å²) in [5.74, 6) is 0.998. The molecule has 1 aliphatic rings. The van der Waals surface area contributed by atoms with Gasteiger partial charge in [0.1, 0.15) is 11.4 Å². The van der Waals surface area contributed by atoms with Crippen LogP contribution in [0.15, 0.2) is 48.5 Å². The summed E-state index contributed by atoms with van der Waals surface area (Å²) in [6.07, 6.45) is 0.738. The topological polar surface area (TPSA) is 55.4 Å². The van der Waals surface area contributed by atoms with Crippen molar-refractivity contribution in [1.82, 2.24) is 5.32 Å². The van der Waals surface area contributed by atoms with Gasteiger partial charge < -0.3 is 4.74 Å². The van der Waals surface area contributed by atoms with Crippen molar-refractivity contribution in [3.8, 4) is 16.9 Å². The number of rotatable bonds is 5. The first-order valence-electron chi connectivity index (χ1n) is 8.62. The molecule has 4 nitrogen and oxygen atoms in total. The average Bonchev–Trinajstić information content (AvgIpc) is 2.60. The molecule has 3 rings (SSSR count). The Bertz CT molecular complexity index is 844. The molecule has 0 bridgehead atoms. The molecule has 2 aromatic rings. The summed E-state index contributed by atoms with van der Waals surface area (Å²) in [6, 6.07) is 16.4. The minimum Gasteiger partial charge on any atom is -0.486 e. The van der Waals surface area contributed by atoms with Gasteiger partial charge in [0, 0.05) is 5.75 Å². The molecule has 0 saturated heterocycles. The van der Waals surface area contributed by atoms with E-state index in [0.717, 1.165) is 28.9 Å². The lowest BCUT2D eigenvalue weighted by atomic mass is 9.87. The molecule has 2 aromatic carbocycles. The zero-order valence-corrected chi connectivity index (χ0v) is 15.8. The van der Waals surface area contributed by atoms with Crippen molar-refractivity contribution >= 4 is 9.84 Å². The molecule has 0 amide bonds. The molecule has 0 fully saturated rings. The number of benzene rings is 2. The maximum Gasteiger partial charge on any atom is 0.162 e. The smallest absolute Gasteiger partial charge is 0.162 e. The van der Waals surface area contributed by atoms with Gasteiger partial charge in [-0.05, 0) is 49.1 Å². The van der Waals surface area contributed by atoms with Crippen LogP contribution in [0, 0.1) is 0 Å². The minimum absolute atomic E-state index is 0.0192. The summed E-state index contributed by atoms with van der Waals surface area (Å²) < 4.78 is 29.8. The molecule has 1 N–H and O–H groups in total. The quantitative estimate of drug-likeness (QED) is 0.889. The second-order valence-electron chi connectivity index (χ2n) is 7.03. The van der Waals surface area contributed by atoms with Crippen LogP contribution in [0.2, 0.25) is 0 Å². The largest absolute Gasteiger partial charge is 0.486 e. The van der Waals surface area contributed by atoms with Gasteiger partial charge in [0.25, 0.3) is 0 Å². The molecular weight excluding hydrogens is 334 g/mol. The molecule has 1 unspecified atom stereocenters. The fraction of sp³-hybridized carbons (Fsp3) is 0.400. The number of hydrogen-bond donors (Lipinski definition) is 1. The van der Waals surface area contributed by atoms with E-state index in [1.165, 1.54) is 0 Å². The SMILES string of the molecule is CCS(=O)(=O)CNC1Cc2cc(-c3ccccc3)ccc2OC1(C)C. The van der Waals surface area contributed by atoms with Crippen molar-refractivity contribution in [2.75, 3.05) is 11.6 Å². The van der Waals surface area contributed by atoms with Crippen molar-refractivity contribution in [1.29, 1.82) is 0 Å². The van der Waals surface area contributed by atoms with Gasteiger partial charge in [-0.1, -0.05) is 43.3 Å². The van der Waals surface area contributed by atoms with E-state index < -0.39 is 15.4 Å². The van der Waals surface area contributed by atoms with Crippen molar-refractivity contribution < 1.29 is 13.2 Å². The van der Waals surface area contributed by atoms with Crippen molar-refractivity contribution in [2.24, 2.45) is 0 Å². The van der Waals surface area contributed by atoms with Crippen molar-refractivity contribution in [3.05, 3.63) is 54.1 Å². The first-order chi connectivity index (χ1) is 11.8. The molecule has 1 heterocycles. The predicted molar refractivity (Wildman–Crippen MR) is 102 cm³/mol. The molecule has 0 saturated carbocycles. The Morgan fingerprint density at radius 2 is 1.84 bits per heavy atom. The Kier molecular flexibility index (Phi) is 4.89. The predicted octanol–water partition coefficient (Wildman–Crippen LogP) is 3.42. The number of fused-ring (bicyclic) bond motifs is 1. The highest BCUT2D eigenvalue weighted by Gasteiger charge is 2.37. The molecule has 0 spiro atoms. The summed E-state index contributed by atoms with van der Waals surface area (Å²) in [5.41, 5.74) is 2.94. The maximum atomic E-state index is 11.8. The zero-order chi connectivity index (χ0) is 18.1. The zero-order valence-electron chi connectivity index (χ0n) is 15.0. The van der Waals surface area contributed by atoms with Crippen LogP contribution in [-0.4, -0.2) is 31.7 Å². The minimum atomic E-state index is -3.06. The summed E-state index contributed by atoms with van der Waals surface area (Å²) in [7, 11) is -3.06. The van der Waals surface area contributed by atoms with E-state index in [1.807, 2.05) is 38.1 Å². The van der Waals surface area contributed by atoms with Gasteiger partial charge in [0.2, 0.25) is 0 Å². The lowest BCUT2D eigenvalue weighted by Crippen LogP contribution is -2.55. The van der Waals surface area contributed by atoms with Crippen molar-refractivity contribution in [3.63, 3.8) is 0 Å².